The van der Waals surface area contributed by atoms with E-state index < -0.39 is 17.6 Å². The van der Waals surface area contributed by atoms with Crippen LogP contribution in [0.4, 0.5) is 18.9 Å². The van der Waals surface area contributed by atoms with Crippen LogP contribution in [-0.4, -0.2) is 34.9 Å². The van der Waals surface area contributed by atoms with Crippen LogP contribution in [0.25, 0.3) is 21.5 Å². The van der Waals surface area contributed by atoms with Gasteiger partial charge in [0, 0.05) is 35.6 Å². The summed E-state index contributed by atoms with van der Waals surface area (Å²) in [5.41, 5.74) is 4.58. The van der Waals surface area contributed by atoms with Gasteiger partial charge in [0.15, 0.2) is 0 Å². The third kappa shape index (κ3) is 4.67. The fraction of sp³-hybridized carbons (Fsp3) is 0.333. The predicted octanol–water partition coefficient (Wildman–Crippen LogP) is 4.44. The predicted molar refractivity (Wildman–Crippen MR) is 118 cm³/mol. The smallest absolute Gasteiger partial charge is 0.387 e. The van der Waals surface area contributed by atoms with E-state index in [1.54, 1.807) is 7.05 Å². The lowest BCUT2D eigenvalue weighted by molar-refractivity contribution is -0.137. The van der Waals surface area contributed by atoms with E-state index in [-0.39, 0.29) is 39.3 Å². The molecule has 0 saturated heterocycles. The first-order valence-corrected chi connectivity index (χ1v) is 10.8. The molecular weight excluding hydrogens is 443 g/mol. The van der Waals surface area contributed by atoms with Crippen molar-refractivity contribution in [2.45, 2.75) is 38.9 Å². The number of aromatic nitrogens is 2. The number of pyridine rings is 1. The normalized spacial score (nSPS) is 13.3. The largest absolute Gasteiger partial charge is 0.417 e. The molecule has 0 unspecified atom stereocenters. The monoisotopic (exact) mass is 465 g/mol. The summed E-state index contributed by atoms with van der Waals surface area (Å²) in [5.74, 6) is -1.17. The van der Waals surface area contributed by atoms with Crippen LogP contribution in [0.1, 0.15) is 53.1 Å². The fourth-order valence-corrected chi connectivity index (χ4v) is 3.93. The molecule has 0 radical (unpaired) electrons. The molecule has 0 atom stereocenters. The lowest BCUT2D eigenvalue weighted by atomic mass is 10.0. The molecule has 1 aliphatic rings. The number of nitrogens with zero attached hydrogens (tertiary/aromatic N) is 2. The Kier molecular flexibility index (Phi) is 6.68. The zero-order valence-corrected chi connectivity index (χ0v) is 18.4. The second-order valence-corrected chi connectivity index (χ2v) is 7.72. The van der Waals surface area contributed by atoms with E-state index in [9.17, 15) is 22.8 Å². The number of hydrogen-bond acceptors (Lipinski definition) is 6. The number of amides is 2. The maximum absolute atomic E-state index is 13.7. The van der Waals surface area contributed by atoms with Gasteiger partial charge in [-0.1, -0.05) is 13.8 Å². The Bertz CT molecular complexity index is 1170. The van der Waals surface area contributed by atoms with E-state index in [0.29, 0.717) is 11.1 Å². The van der Waals surface area contributed by atoms with Crippen molar-refractivity contribution in [3.8, 4) is 10.6 Å². The third-order valence-corrected chi connectivity index (χ3v) is 5.58. The van der Waals surface area contributed by atoms with E-state index in [2.05, 4.69) is 20.6 Å². The SMILES string of the molecule is CC.CNc1c(C(=O)NC2CC2)cnc2cc(C(F)(F)F)c(-c3nc(C(N)=O)cs3)cc12. The summed E-state index contributed by atoms with van der Waals surface area (Å²) in [6, 6.07) is 2.32. The van der Waals surface area contributed by atoms with Crippen LogP contribution >= 0.6 is 11.3 Å². The minimum absolute atomic E-state index is 0.00656. The summed E-state index contributed by atoms with van der Waals surface area (Å²) in [6.07, 6.45) is -1.62. The number of benzene rings is 1. The molecule has 3 aromatic rings. The highest BCUT2D eigenvalue weighted by molar-refractivity contribution is 7.13. The van der Waals surface area contributed by atoms with Gasteiger partial charge in [-0.25, -0.2) is 4.98 Å². The highest BCUT2D eigenvalue weighted by Gasteiger charge is 2.36. The lowest BCUT2D eigenvalue weighted by Gasteiger charge is -2.16. The van der Waals surface area contributed by atoms with Gasteiger partial charge in [0.2, 0.25) is 0 Å². The summed E-state index contributed by atoms with van der Waals surface area (Å²) in [5, 5.41) is 7.38. The van der Waals surface area contributed by atoms with Crippen LogP contribution in [0.3, 0.4) is 0 Å². The van der Waals surface area contributed by atoms with Crippen LogP contribution in [0.15, 0.2) is 23.7 Å². The van der Waals surface area contributed by atoms with Gasteiger partial charge in [0.25, 0.3) is 11.8 Å². The zero-order valence-electron chi connectivity index (χ0n) is 17.6. The number of halogens is 3. The maximum atomic E-state index is 13.7. The van der Waals surface area contributed by atoms with Crippen molar-refractivity contribution in [1.82, 2.24) is 15.3 Å². The summed E-state index contributed by atoms with van der Waals surface area (Å²) >= 11 is 0.878. The molecule has 32 heavy (non-hydrogen) atoms. The van der Waals surface area contributed by atoms with Gasteiger partial charge in [-0.15, -0.1) is 11.3 Å². The van der Waals surface area contributed by atoms with Gasteiger partial charge in [-0.3, -0.25) is 14.6 Å². The third-order valence-electron chi connectivity index (χ3n) is 4.71. The van der Waals surface area contributed by atoms with Crippen molar-refractivity contribution in [3.05, 3.63) is 40.5 Å². The van der Waals surface area contributed by atoms with Crippen molar-refractivity contribution in [2.24, 2.45) is 5.73 Å². The van der Waals surface area contributed by atoms with Gasteiger partial charge < -0.3 is 16.4 Å². The van der Waals surface area contributed by atoms with E-state index in [1.807, 2.05) is 13.8 Å². The van der Waals surface area contributed by atoms with Crippen LogP contribution in [0, 0.1) is 0 Å². The van der Waals surface area contributed by atoms with Gasteiger partial charge in [-0.2, -0.15) is 13.2 Å². The number of nitrogens with one attached hydrogen (secondary N) is 2. The molecule has 1 fully saturated rings. The van der Waals surface area contributed by atoms with E-state index in [4.69, 9.17) is 5.73 Å². The van der Waals surface area contributed by atoms with Gasteiger partial charge in [-0.05, 0) is 25.0 Å². The first-order chi connectivity index (χ1) is 15.2. The number of nitrogens with two attached hydrogens (primary N) is 1. The highest BCUT2D eigenvalue weighted by Crippen LogP contribution is 2.41. The van der Waals surface area contributed by atoms with E-state index in [0.717, 1.165) is 30.2 Å². The molecule has 4 N–H and O–H groups in total. The summed E-state index contributed by atoms with van der Waals surface area (Å²) in [6.45, 7) is 4.00. The Morgan fingerprint density at radius 2 is 1.91 bits per heavy atom. The molecule has 2 aromatic heterocycles. The standard InChI is InChI=1S/C19H16F3N5O2S.C2H6/c1-24-15-10-4-9(18-27-14(7-30-18)16(23)28)12(19(20,21)22)5-13(10)25-6-11(15)17(29)26-8-2-3-8;1-2/h4-8H,2-3H2,1H3,(H2,23,28)(H,24,25)(H,26,29);1-2H3. The summed E-state index contributed by atoms with van der Waals surface area (Å²) in [7, 11) is 1.58. The van der Waals surface area contributed by atoms with Crippen molar-refractivity contribution in [2.75, 3.05) is 12.4 Å². The number of fused-ring (bicyclic) bond motifs is 1. The zero-order chi connectivity index (χ0) is 23.6. The molecule has 1 saturated carbocycles. The Morgan fingerprint density at radius 3 is 2.44 bits per heavy atom. The molecule has 0 aliphatic heterocycles. The second kappa shape index (κ2) is 9.11. The van der Waals surface area contributed by atoms with E-state index in [1.165, 1.54) is 17.6 Å². The van der Waals surface area contributed by atoms with Gasteiger partial charge in [0.1, 0.15) is 10.7 Å². The molecule has 0 spiro atoms. The Balaban J connectivity index is 0.00000141. The number of carbonyl (C=O) groups excluding carboxylic acids is 2. The number of rotatable bonds is 5. The Morgan fingerprint density at radius 1 is 1.22 bits per heavy atom. The molecule has 2 amide bonds. The fourth-order valence-electron chi connectivity index (χ4n) is 3.09. The van der Waals surface area contributed by atoms with Crippen LogP contribution in [0.2, 0.25) is 0 Å². The van der Waals surface area contributed by atoms with Crippen molar-refractivity contribution in [1.29, 1.82) is 0 Å². The number of anilines is 1. The maximum Gasteiger partial charge on any atom is 0.417 e. The molecule has 170 valence electrons. The molecule has 11 heteroatoms. The van der Waals surface area contributed by atoms with Crippen LogP contribution in [0.5, 0.6) is 0 Å². The van der Waals surface area contributed by atoms with Crippen LogP contribution in [-0.2, 0) is 6.18 Å². The number of hydrogen-bond donors (Lipinski definition) is 3. The number of thiazole rings is 1. The number of primary amides is 1. The summed E-state index contributed by atoms with van der Waals surface area (Å²) < 4.78 is 41.2. The first-order valence-electron chi connectivity index (χ1n) is 9.97. The van der Waals surface area contributed by atoms with Crippen LogP contribution < -0.4 is 16.4 Å². The average Bonchev–Trinajstić information content (AvgIpc) is 3.43. The average molecular weight is 466 g/mol. The molecule has 4 rings (SSSR count). The molecule has 1 aromatic carbocycles. The van der Waals surface area contributed by atoms with Gasteiger partial charge in [0.05, 0.1) is 22.3 Å². The molecular formula is C21H22F3N5O2S. The minimum Gasteiger partial charge on any atom is -0.387 e. The lowest BCUT2D eigenvalue weighted by Crippen LogP contribution is -2.26. The number of alkyl halides is 3. The minimum atomic E-state index is -4.68. The molecule has 2 heterocycles. The molecule has 1 aliphatic carbocycles. The van der Waals surface area contributed by atoms with Crippen molar-refractivity contribution < 1.29 is 22.8 Å². The topological polar surface area (TPSA) is 110 Å². The quantitative estimate of drug-likeness (QED) is 0.516. The molecule has 0 bridgehead atoms. The Hall–Kier alpha value is -3.21. The van der Waals surface area contributed by atoms with Gasteiger partial charge >= 0.3 is 6.18 Å². The summed E-state index contributed by atoms with van der Waals surface area (Å²) in [4.78, 5) is 31.9. The van der Waals surface area contributed by atoms with Crippen molar-refractivity contribution in [3.63, 3.8) is 0 Å². The molecule has 7 nitrogen and oxygen atoms in total. The number of carbonyl (C=O) groups is 2. The van der Waals surface area contributed by atoms with E-state index >= 15 is 0 Å². The first kappa shape index (κ1) is 23.5. The van der Waals surface area contributed by atoms with Crippen molar-refractivity contribution >= 4 is 39.7 Å². The highest BCUT2D eigenvalue weighted by atomic mass is 32.1. The second-order valence-electron chi connectivity index (χ2n) is 6.86. The Labute approximate surface area is 186 Å².